The van der Waals surface area contributed by atoms with Crippen molar-refractivity contribution in [1.82, 2.24) is 10.6 Å². The molecule has 2 aliphatic heterocycles. The van der Waals surface area contributed by atoms with E-state index in [0.29, 0.717) is 50.7 Å². The number of hydrogen-bond acceptors (Lipinski definition) is 5. The summed E-state index contributed by atoms with van der Waals surface area (Å²) >= 11 is 0. The second-order valence-electron chi connectivity index (χ2n) is 8.28. The molecular formula is C23H38FIN4O3. The van der Waals surface area contributed by atoms with Gasteiger partial charge in [-0.1, -0.05) is 6.07 Å². The third-order valence-corrected chi connectivity index (χ3v) is 5.72. The summed E-state index contributed by atoms with van der Waals surface area (Å²) in [6.45, 7) is 8.48. The molecule has 0 radical (unpaired) electrons. The van der Waals surface area contributed by atoms with Crippen molar-refractivity contribution >= 4 is 35.6 Å². The minimum absolute atomic E-state index is 0. The summed E-state index contributed by atoms with van der Waals surface area (Å²) < 4.78 is 25.7. The van der Waals surface area contributed by atoms with Crippen LogP contribution < -0.4 is 15.5 Å². The second-order valence-corrected chi connectivity index (χ2v) is 8.28. The summed E-state index contributed by atoms with van der Waals surface area (Å²) in [5.41, 5.74) is 1.44. The molecule has 1 atom stereocenters. The van der Waals surface area contributed by atoms with Crippen LogP contribution in [0, 0.1) is 11.7 Å². The third-order valence-electron chi connectivity index (χ3n) is 5.72. The number of nitrogens with zero attached hydrogens (tertiary/aromatic N) is 2. The van der Waals surface area contributed by atoms with Crippen molar-refractivity contribution < 1.29 is 19.0 Å². The van der Waals surface area contributed by atoms with E-state index in [0.717, 1.165) is 57.3 Å². The van der Waals surface area contributed by atoms with Crippen LogP contribution in [0.25, 0.3) is 0 Å². The van der Waals surface area contributed by atoms with Crippen molar-refractivity contribution in [3.8, 4) is 0 Å². The molecule has 3 rings (SSSR count). The zero-order chi connectivity index (χ0) is 21.9. The van der Waals surface area contributed by atoms with E-state index in [4.69, 9.17) is 9.47 Å². The van der Waals surface area contributed by atoms with Gasteiger partial charge in [0.2, 0.25) is 0 Å². The highest BCUT2D eigenvalue weighted by atomic mass is 127. The van der Waals surface area contributed by atoms with Crippen LogP contribution in [0.15, 0.2) is 23.2 Å². The summed E-state index contributed by atoms with van der Waals surface area (Å²) in [6, 6.07) is 5.32. The molecule has 1 aromatic carbocycles. The normalized spacial score (nSPS) is 19.7. The highest BCUT2D eigenvalue weighted by Crippen LogP contribution is 2.24. The number of aliphatic hydroxyl groups excluding tert-OH is 1. The predicted octanol–water partition coefficient (Wildman–Crippen LogP) is 2.90. The smallest absolute Gasteiger partial charge is 0.191 e. The van der Waals surface area contributed by atoms with Gasteiger partial charge in [-0.3, -0.25) is 0 Å². The van der Waals surface area contributed by atoms with Gasteiger partial charge in [0.15, 0.2) is 5.96 Å². The molecule has 2 fully saturated rings. The number of halogens is 2. The molecule has 2 heterocycles. The fraction of sp³-hybridized carbons (Fsp3) is 0.696. The lowest BCUT2D eigenvalue weighted by Gasteiger charge is -2.31. The first-order valence-corrected chi connectivity index (χ1v) is 11.5. The molecule has 1 aromatic rings. The number of anilines is 1. The largest absolute Gasteiger partial charge is 0.393 e. The Labute approximate surface area is 208 Å². The Kier molecular flexibility index (Phi) is 12.6. The quantitative estimate of drug-likeness (QED) is 0.176. The lowest BCUT2D eigenvalue weighted by Crippen LogP contribution is -2.38. The second kappa shape index (κ2) is 14.9. The molecular weight excluding hydrogens is 526 g/mol. The number of hydrogen-bond donors (Lipinski definition) is 3. The molecule has 0 aromatic heterocycles. The van der Waals surface area contributed by atoms with Gasteiger partial charge in [-0.05, 0) is 50.3 Å². The summed E-state index contributed by atoms with van der Waals surface area (Å²) in [7, 11) is 0. The molecule has 7 nitrogen and oxygen atoms in total. The molecule has 0 bridgehead atoms. The Morgan fingerprint density at radius 1 is 1.28 bits per heavy atom. The maximum atomic E-state index is 14.6. The average Bonchev–Trinajstić information content (AvgIpc) is 3.29. The number of benzene rings is 1. The van der Waals surface area contributed by atoms with Gasteiger partial charge in [0.1, 0.15) is 5.82 Å². The highest BCUT2D eigenvalue weighted by molar-refractivity contribution is 14.0. The Morgan fingerprint density at radius 2 is 2.09 bits per heavy atom. The van der Waals surface area contributed by atoms with E-state index in [1.165, 1.54) is 0 Å². The molecule has 0 spiro atoms. The van der Waals surface area contributed by atoms with Crippen molar-refractivity contribution in [2.45, 2.75) is 45.3 Å². The van der Waals surface area contributed by atoms with Gasteiger partial charge in [0.25, 0.3) is 0 Å². The number of aliphatic imine (C=N–C) groups is 1. The number of nitrogens with one attached hydrogen (secondary N) is 2. The predicted molar refractivity (Wildman–Crippen MR) is 136 cm³/mol. The van der Waals surface area contributed by atoms with Crippen molar-refractivity contribution in [3.63, 3.8) is 0 Å². The van der Waals surface area contributed by atoms with Crippen LogP contribution in [0.5, 0.6) is 0 Å². The van der Waals surface area contributed by atoms with Gasteiger partial charge in [-0.15, -0.1) is 24.0 Å². The molecule has 2 saturated heterocycles. The first kappa shape index (κ1) is 27.1. The summed E-state index contributed by atoms with van der Waals surface area (Å²) in [4.78, 5) is 6.58. The number of rotatable bonds is 10. The Balaban J connectivity index is 0.00000363. The maximum absolute atomic E-state index is 14.6. The standard InChI is InChI=1S/C23H37FN4O3.HI/c1-2-25-23(26-9-3-12-30-16-19-8-13-31-17-19)27-15-18-4-5-22(21(24)14-18)28-10-6-20(29)7-11-28;/h4-5,14,19-20,29H,2-3,6-13,15-17H2,1H3,(H2,25,26,27);1H. The molecule has 0 saturated carbocycles. The Hall–Kier alpha value is -1.17. The van der Waals surface area contributed by atoms with E-state index < -0.39 is 0 Å². The van der Waals surface area contributed by atoms with Gasteiger partial charge in [-0.2, -0.15) is 0 Å². The van der Waals surface area contributed by atoms with E-state index in [1.807, 2.05) is 24.0 Å². The summed E-state index contributed by atoms with van der Waals surface area (Å²) in [5.74, 6) is 1.04. The van der Waals surface area contributed by atoms with Crippen LogP contribution in [-0.2, 0) is 16.0 Å². The zero-order valence-electron chi connectivity index (χ0n) is 19.0. The molecule has 1 unspecified atom stereocenters. The number of piperidine rings is 1. The first-order valence-electron chi connectivity index (χ1n) is 11.5. The van der Waals surface area contributed by atoms with Crippen LogP contribution in [0.1, 0.15) is 38.2 Å². The molecule has 9 heteroatoms. The van der Waals surface area contributed by atoms with Crippen LogP contribution in [0.2, 0.25) is 0 Å². The summed E-state index contributed by atoms with van der Waals surface area (Å²) in [6.07, 6.45) is 3.09. The molecule has 2 aliphatic rings. The maximum Gasteiger partial charge on any atom is 0.191 e. The van der Waals surface area contributed by atoms with Gasteiger partial charge < -0.3 is 30.1 Å². The van der Waals surface area contributed by atoms with Gasteiger partial charge in [-0.25, -0.2) is 9.38 Å². The molecule has 3 N–H and O–H groups in total. The van der Waals surface area contributed by atoms with Crippen LogP contribution in [0.3, 0.4) is 0 Å². The lowest BCUT2D eigenvalue weighted by atomic mass is 10.1. The van der Waals surface area contributed by atoms with E-state index in [9.17, 15) is 9.50 Å². The fourth-order valence-corrected chi connectivity index (χ4v) is 3.87. The van der Waals surface area contributed by atoms with Crippen LogP contribution in [-0.4, -0.2) is 69.8 Å². The molecule has 0 aliphatic carbocycles. The number of ether oxygens (including phenoxy) is 2. The van der Waals surface area contributed by atoms with E-state index in [1.54, 1.807) is 6.07 Å². The SMILES string of the molecule is CCNC(=NCc1ccc(N2CCC(O)CC2)c(F)c1)NCCCOCC1CCOC1.I. The van der Waals surface area contributed by atoms with Crippen molar-refractivity contribution in [2.24, 2.45) is 10.9 Å². The van der Waals surface area contributed by atoms with Gasteiger partial charge in [0, 0.05) is 45.3 Å². The Morgan fingerprint density at radius 3 is 2.78 bits per heavy atom. The molecule has 32 heavy (non-hydrogen) atoms. The molecule has 182 valence electrons. The highest BCUT2D eigenvalue weighted by Gasteiger charge is 2.19. The van der Waals surface area contributed by atoms with Crippen LogP contribution in [0.4, 0.5) is 10.1 Å². The number of guanidine groups is 1. The fourth-order valence-electron chi connectivity index (χ4n) is 3.87. The topological polar surface area (TPSA) is 78.4 Å². The third kappa shape index (κ3) is 8.99. The van der Waals surface area contributed by atoms with Crippen LogP contribution >= 0.6 is 24.0 Å². The number of aliphatic hydroxyl groups is 1. The monoisotopic (exact) mass is 564 g/mol. The summed E-state index contributed by atoms with van der Waals surface area (Å²) in [5, 5.41) is 16.2. The zero-order valence-corrected chi connectivity index (χ0v) is 21.4. The lowest BCUT2D eigenvalue weighted by molar-refractivity contribution is 0.0888. The van der Waals surface area contributed by atoms with E-state index in [-0.39, 0.29) is 35.9 Å². The van der Waals surface area contributed by atoms with Crippen molar-refractivity contribution in [1.29, 1.82) is 0 Å². The Bertz CT molecular complexity index is 696. The molecule has 0 amide bonds. The average molecular weight is 564 g/mol. The van der Waals surface area contributed by atoms with Gasteiger partial charge >= 0.3 is 0 Å². The minimum Gasteiger partial charge on any atom is -0.393 e. The van der Waals surface area contributed by atoms with Gasteiger partial charge in [0.05, 0.1) is 31.5 Å². The van der Waals surface area contributed by atoms with E-state index in [2.05, 4.69) is 15.6 Å². The first-order chi connectivity index (χ1) is 15.2. The van der Waals surface area contributed by atoms with Crippen molar-refractivity contribution in [3.05, 3.63) is 29.6 Å². The van der Waals surface area contributed by atoms with E-state index >= 15 is 0 Å². The minimum atomic E-state index is -0.265. The van der Waals surface area contributed by atoms with Crippen molar-refractivity contribution in [2.75, 3.05) is 57.5 Å².